The number of aryl methyl sites for hydroxylation is 1. The van der Waals surface area contributed by atoms with E-state index in [1.807, 2.05) is 30.3 Å². The van der Waals surface area contributed by atoms with Crippen LogP contribution < -0.4 is 10.6 Å². The Morgan fingerprint density at radius 1 is 1.21 bits per heavy atom. The van der Waals surface area contributed by atoms with Crippen molar-refractivity contribution in [1.82, 2.24) is 20.1 Å². The smallest absolute Gasteiger partial charge is 0.263 e. The zero-order chi connectivity index (χ0) is 23.4. The number of aliphatic hydroxyl groups excluding tert-OH is 1. The summed E-state index contributed by atoms with van der Waals surface area (Å²) < 4.78 is 41.3. The SMILES string of the molecule is Cc1noc(-c2cnc(Nc3ccc(S(=O)[O-])c(F)c3)nc2N[C@H](CO)c2ccccc2)n1. The van der Waals surface area contributed by atoms with Gasteiger partial charge in [-0.15, -0.1) is 0 Å². The summed E-state index contributed by atoms with van der Waals surface area (Å²) in [4.78, 5) is 12.4. The number of aliphatic hydroxyl groups is 1. The van der Waals surface area contributed by atoms with Gasteiger partial charge in [-0.25, -0.2) is 9.37 Å². The van der Waals surface area contributed by atoms with Crippen LogP contribution in [0.1, 0.15) is 17.4 Å². The molecular formula is C21H18FN6O4S-. The molecule has 0 radical (unpaired) electrons. The molecule has 0 bridgehead atoms. The fraction of sp³-hybridized carbons (Fsp3) is 0.143. The molecule has 170 valence electrons. The quantitative estimate of drug-likeness (QED) is 0.329. The lowest BCUT2D eigenvalue weighted by molar-refractivity contribution is 0.276. The Morgan fingerprint density at radius 3 is 2.64 bits per heavy atom. The molecule has 0 saturated heterocycles. The Morgan fingerprint density at radius 2 is 2.00 bits per heavy atom. The van der Waals surface area contributed by atoms with E-state index in [-0.39, 0.29) is 30.0 Å². The molecule has 12 heteroatoms. The van der Waals surface area contributed by atoms with Gasteiger partial charge in [0.1, 0.15) is 17.2 Å². The van der Waals surface area contributed by atoms with Crippen molar-refractivity contribution < 1.29 is 22.8 Å². The maximum Gasteiger partial charge on any atom is 0.263 e. The average molecular weight is 469 g/mol. The van der Waals surface area contributed by atoms with Gasteiger partial charge >= 0.3 is 0 Å². The zero-order valence-electron chi connectivity index (χ0n) is 17.2. The molecule has 0 spiro atoms. The number of hydrogen-bond donors (Lipinski definition) is 3. The van der Waals surface area contributed by atoms with Crippen molar-refractivity contribution in [1.29, 1.82) is 0 Å². The normalized spacial score (nSPS) is 12.8. The number of nitrogens with one attached hydrogen (secondary N) is 2. The third-order valence-corrected chi connectivity index (χ3v) is 5.30. The molecule has 0 fully saturated rings. The number of nitrogens with zero attached hydrogens (tertiary/aromatic N) is 4. The van der Waals surface area contributed by atoms with Crippen molar-refractivity contribution >= 4 is 28.5 Å². The molecule has 33 heavy (non-hydrogen) atoms. The monoisotopic (exact) mass is 469 g/mol. The molecule has 3 N–H and O–H groups in total. The minimum Gasteiger partial charge on any atom is -0.768 e. The van der Waals surface area contributed by atoms with Crippen LogP contribution in [-0.2, 0) is 11.1 Å². The van der Waals surface area contributed by atoms with E-state index in [9.17, 15) is 18.3 Å². The first kappa shape index (κ1) is 22.5. The van der Waals surface area contributed by atoms with E-state index in [2.05, 4.69) is 30.7 Å². The van der Waals surface area contributed by atoms with Crippen molar-refractivity contribution in [2.45, 2.75) is 17.9 Å². The fourth-order valence-corrected chi connectivity index (χ4v) is 3.44. The van der Waals surface area contributed by atoms with E-state index >= 15 is 0 Å². The second kappa shape index (κ2) is 9.81. The van der Waals surface area contributed by atoms with E-state index in [1.165, 1.54) is 12.3 Å². The molecule has 0 aliphatic heterocycles. The Hall–Kier alpha value is -3.74. The zero-order valence-corrected chi connectivity index (χ0v) is 18.0. The molecule has 0 saturated carbocycles. The maximum atomic E-state index is 14.0. The summed E-state index contributed by atoms with van der Waals surface area (Å²) in [6.45, 7) is 1.45. The van der Waals surface area contributed by atoms with Gasteiger partial charge in [0, 0.05) is 11.9 Å². The molecule has 10 nitrogen and oxygen atoms in total. The first-order chi connectivity index (χ1) is 15.9. The number of anilines is 3. The van der Waals surface area contributed by atoms with E-state index in [4.69, 9.17) is 4.52 Å². The molecule has 2 heterocycles. The molecule has 0 amide bonds. The van der Waals surface area contributed by atoms with Crippen molar-refractivity contribution in [2.24, 2.45) is 0 Å². The van der Waals surface area contributed by atoms with Crippen molar-refractivity contribution in [3.63, 3.8) is 0 Å². The molecule has 2 aromatic carbocycles. The van der Waals surface area contributed by atoms with Crippen molar-refractivity contribution in [3.05, 3.63) is 71.9 Å². The van der Waals surface area contributed by atoms with E-state index in [1.54, 1.807) is 6.92 Å². The van der Waals surface area contributed by atoms with Gasteiger partial charge in [0.05, 0.1) is 17.5 Å². The molecule has 0 aliphatic rings. The molecule has 1 unspecified atom stereocenters. The van der Waals surface area contributed by atoms with E-state index in [0.717, 1.165) is 17.7 Å². The minimum absolute atomic E-state index is 0.0950. The standard InChI is InChI=1S/C21H19FN6O4S/c1-12-24-20(32-28-12)15-10-23-21(25-14-7-8-18(33(30)31)16(22)9-14)27-19(15)26-17(11-29)13-5-3-2-4-6-13/h2-10,17,29H,11H2,1H3,(H,30,31)(H2,23,25,26,27)/p-1/t17-/m1/s1. The van der Waals surface area contributed by atoms with Gasteiger partial charge < -0.3 is 24.8 Å². The minimum atomic E-state index is -2.69. The lowest BCUT2D eigenvalue weighted by Gasteiger charge is -2.19. The summed E-state index contributed by atoms with van der Waals surface area (Å²) in [6.07, 6.45) is 1.45. The molecule has 0 aliphatic carbocycles. The lowest BCUT2D eigenvalue weighted by Crippen LogP contribution is -2.17. The van der Waals surface area contributed by atoms with Crippen LogP contribution >= 0.6 is 0 Å². The number of aromatic nitrogens is 4. The van der Waals surface area contributed by atoms with Crippen LogP contribution in [0, 0.1) is 12.7 Å². The highest BCUT2D eigenvalue weighted by atomic mass is 32.2. The Labute approximate surface area is 190 Å². The third kappa shape index (κ3) is 5.19. The van der Waals surface area contributed by atoms with Crippen molar-refractivity contribution in [2.75, 3.05) is 17.2 Å². The summed E-state index contributed by atoms with van der Waals surface area (Å²) in [5, 5.41) is 19.7. The Balaban J connectivity index is 1.69. The third-order valence-electron chi connectivity index (χ3n) is 4.61. The predicted octanol–water partition coefficient (Wildman–Crippen LogP) is 3.10. The summed E-state index contributed by atoms with van der Waals surface area (Å²) in [7, 11) is 0. The van der Waals surface area contributed by atoms with Crippen LogP contribution in [0.5, 0.6) is 0 Å². The Kier molecular flexibility index (Phi) is 6.68. The first-order valence-corrected chi connectivity index (χ1v) is 10.8. The molecule has 2 atom stereocenters. The van der Waals surface area contributed by atoms with Crippen LogP contribution in [0.15, 0.2) is 64.1 Å². The summed E-state index contributed by atoms with van der Waals surface area (Å²) >= 11 is -2.69. The fourth-order valence-electron chi connectivity index (χ4n) is 3.04. The Bertz CT molecular complexity index is 1290. The lowest BCUT2D eigenvalue weighted by atomic mass is 10.1. The highest BCUT2D eigenvalue weighted by molar-refractivity contribution is 7.79. The largest absolute Gasteiger partial charge is 0.768 e. The predicted molar refractivity (Wildman–Crippen MR) is 117 cm³/mol. The first-order valence-electron chi connectivity index (χ1n) is 9.70. The van der Waals surface area contributed by atoms with Gasteiger partial charge in [0.25, 0.3) is 5.89 Å². The van der Waals surface area contributed by atoms with E-state index in [0.29, 0.717) is 11.4 Å². The number of benzene rings is 2. The average Bonchev–Trinajstić information content (AvgIpc) is 3.24. The highest BCUT2D eigenvalue weighted by Gasteiger charge is 2.19. The van der Waals surface area contributed by atoms with Crippen molar-refractivity contribution in [3.8, 4) is 11.5 Å². The van der Waals surface area contributed by atoms with Gasteiger partial charge in [-0.1, -0.05) is 35.5 Å². The molecule has 4 aromatic rings. The van der Waals surface area contributed by atoms with Crippen LogP contribution in [0.25, 0.3) is 11.5 Å². The van der Waals surface area contributed by atoms with Crippen LogP contribution in [-0.4, -0.2) is 40.6 Å². The second-order valence-electron chi connectivity index (χ2n) is 6.90. The van der Waals surface area contributed by atoms with Crippen LogP contribution in [0.3, 0.4) is 0 Å². The second-order valence-corrected chi connectivity index (χ2v) is 7.81. The van der Waals surface area contributed by atoms with Gasteiger partial charge in [-0.3, -0.25) is 4.21 Å². The topological polar surface area (TPSA) is 149 Å². The molecule has 4 rings (SSSR count). The number of rotatable bonds is 8. The highest BCUT2D eigenvalue weighted by Crippen LogP contribution is 2.29. The molecular weight excluding hydrogens is 451 g/mol. The maximum absolute atomic E-state index is 14.0. The summed E-state index contributed by atoms with van der Waals surface area (Å²) in [6, 6.07) is 12.3. The van der Waals surface area contributed by atoms with Gasteiger partial charge in [-0.2, -0.15) is 9.97 Å². The van der Waals surface area contributed by atoms with Crippen LogP contribution in [0.4, 0.5) is 21.8 Å². The van der Waals surface area contributed by atoms with E-state index < -0.39 is 27.8 Å². The summed E-state index contributed by atoms with van der Waals surface area (Å²) in [5.74, 6) is 0.0781. The van der Waals surface area contributed by atoms with Crippen LogP contribution in [0.2, 0.25) is 0 Å². The molecule has 2 aromatic heterocycles. The van der Waals surface area contributed by atoms with Gasteiger partial charge in [0.2, 0.25) is 5.95 Å². The summed E-state index contributed by atoms with van der Waals surface area (Å²) in [5.41, 5.74) is 1.47. The number of hydrogen-bond acceptors (Lipinski definition) is 10. The van der Waals surface area contributed by atoms with Gasteiger partial charge in [-0.05, 0) is 41.8 Å². The number of halogens is 1. The van der Waals surface area contributed by atoms with Gasteiger partial charge in [0.15, 0.2) is 5.82 Å².